The molecule has 3 N–H and O–H groups in total. The lowest BCUT2D eigenvalue weighted by Gasteiger charge is -2.26. The topological polar surface area (TPSA) is 57.2 Å². The number of benzene rings is 2. The molecule has 0 aliphatic carbocycles. The van der Waals surface area contributed by atoms with Crippen LogP contribution in [0.15, 0.2) is 72.5 Å². The Morgan fingerprint density at radius 1 is 1.12 bits per heavy atom. The van der Waals surface area contributed by atoms with Gasteiger partial charge in [-0.05, 0) is 42.5 Å². The Hall–Kier alpha value is -2.85. The highest BCUT2D eigenvalue weighted by Gasteiger charge is 2.38. The van der Waals surface area contributed by atoms with Crippen LogP contribution in [-0.2, 0) is 15.6 Å². The number of likely N-dealkylation sites (N-methyl/N-ethyl adjacent to an activating group) is 1. The van der Waals surface area contributed by atoms with Crippen LogP contribution in [0.5, 0.6) is 0 Å². The normalized spacial score (nSPS) is 16.7. The van der Waals surface area contributed by atoms with E-state index in [4.69, 9.17) is 5.11 Å². The Bertz CT molecular complexity index is 1020. The number of carboxylic acid groups (broad SMARTS) is 1. The molecule has 32 heavy (non-hydrogen) atoms. The molecular weight excluding hydrogens is 396 g/mol. The molecule has 0 radical (unpaired) electrons. The van der Waals surface area contributed by atoms with Crippen molar-refractivity contribution in [2.75, 3.05) is 18.0 Å². The quantitative estimate of drug-likeness (QED) is 0.529. The lowest BCUT2D eigenvalue weighted by atomic mass is 9.80. The van der Waals surface area contributed by atoms with Gasteiger partial charge in [0.05, 0.1) is 13.0 Å². The fraction of sp³-hybridized carbons (Fsp3) is 0.393. The number of hydrogen-bond acceptors (Lipinski definition) is 2. The number of allylic oxidation sites excluding steroid dienone is 4. The Morgan fingerprint density at radius 3 is 2.53 bits per heavy atom. The maximum absolute atomic E-state index is 10.9. The van der Waals surface area contributed by atoms with Crippen LogP contribution in [0.25, 0.3) is 0 Å². The van der Waals surface area contributed by atoms with Gasteiger partial charge in [0, 0.05) is 28.9 Å². The molecule has 170 valence electrons. The predicted octanol–water partition coefficient (Wildman–Crippen LogP) is 5.28. The number of nitrogens with zero attached hydrogens (tertiary/aromatic N) is 1. The highest BCUT2D eigenvalue weighted by Crippen LogP contribution is 2.47. The summed E-state index contributed by atoms with van der Waals surface area (Å²) in [5, 5.41) is 11.0. The van der Waals surface area contributed by atoms with Gasteiger partial charge in [0.25, 0.3) is 0 Å². The number of fused-ring (bicyclic) bond motifs is 1. The molecule has 4 heteroatoms. The Labute approximate surface area is 192 Å². The third-order valence-electron chi connectivity index (χ3n) is 6.55. The average molecular weight is 434 g/mol. The van der Waals surface area contributed by atoms with Crippen molar-refractivity contribution >= 4 is 17.3 Å². The summed E-state index contributed by atoms with van der Waals surface area (Å²) >= 11 is 0. The van der Waals surface area contributed by atoms with Crippen molar-refractivity contribution in [2.24, 2.45) is 0 Å². The highest BCUT2D eigenvalue weighted by molar-refractivity contribution is 5.70. The fourth-order valence-corrected chi connectivity index (χ4v) is 4.76. The zero-order valence-corrected chi connectivity index (χ0v) is 20.1. The molecule has 2 aromatic rings. The number of rotatable bonds is 9. The van der Waals surface area contributed by atoms with E-state index >= 15 is 0 Å². The van der Waals surface area contributed by atoms with Crippen LogP contribution in [0.3, 0.4) is 0 Å². The van der Waals surface area contributed by atoms with Crippen LogP contribution in [0.2, 0.25) is 0 Å². The summed E-state index contributed by atoms with van der Waals surface area (Å²) in [6.07, 6.45) is 7.79. The van der Waals surface area contributed by atoms with Crippen LogP contribution in [0.1, 0.15) is 58.6 Å². The van der Waals surface area contributed by atoms with E-state index in [0.717, 1.165) is 18.7 Å². The SMILES string of the molecule is CCN1/C(=C/C=C/CC(C)(C)c2ccccc2[NH2+]CCC(=O)O)C(C)(C)c2ccccc21. The zero-order chi connectivity index (χ0) is 23.4. The Morgan fingerprint density at radius 2 is 1.81 bits per heavy atom. The minimum absolute atomic E-state index is 0.0157. The first-order valence-electron chi connectivity index (χ1n) is 11.6. The summed E-state index contributed by atoms with van der Waals surface area (Å²) < 4.78 is 0. The van der Waals surface area contributed by atoms with Crippen LogP contribution in [0, 0.1) is 0 Å². The van der Waals surface area contributed by atoms with Crippen molar-refractivity contribution in [2.45, 2.75) is 58.3 Å². The molecule has 1 heterocycles. The fourth-order valence-electron chi connectivity index (χ4n) is 4.76. The maximum Gasteiger partial charge on any atom is 0.309 e. The van der Waals surface area contributed by atoms with Crippen LogP contribution < -0.4 is 10.2 Å². The van der Waals surface area contributed by atoms with Gasteiger partial charge in [0.15, 0.2) is 0 Å². The van der Waals surface area contributed by atoms with Gasteiger partial charge in [-0.3, -0.25) is 4.79 Å². The number of nitrogens with two attached hydrogens (primary N) is 1. The molecule has 0 amide bonds. The molecule has 0 aromatic heterocycles. The number of carbonyl (C=O) groups is 1. The van der Waals surface area contributed by atoms with E-state index in [-0.39, 0.29) is 17.3 Å². The molecule has 1 aliphatic rings. The van der Waals surface area contributed by atoms with Gasteiger partial charge in [-0.25, -0.2) is 0 Å². The molecule has 4 nitrogen and oxygen atoms in total. The predicted molar refractivity (Wildman–Crippen MR) is 133 cm³/mol. The molecule has 1 aliphatic heterocycles. The van der Waals surface area contributed by atoms with Crippen molar-refractivity contribution in [1.82, 2.24) is 0 Å². The van der Waals surface area contributed by atoms with E-state index in [2.05, 4.69) is 100 Å². The molecule has 0 bridgehead atoms. The molecule has 0 fully saturated rings. The summed E-state index contributed by atoms with van der Waals surface area (Å²) in [6, 6.07) is 17.0. The van der Waals surface area contributed by atoms with Crippen molar-refractivity contribution in [1.29, 1.82) is 0 Å². The zero-order valence-electron chi connectivity index (χ0n) is 20.1. The van der Waals surface area contributed by atoms with E-state index in [0.29, 0.717) is 6.54 Å². The minimum Gasteiger partial charge on any atom is -0.481 e. The Balaban J connectivity index is 1.76. The molecule has 2 aromatic carbocycles. The van der Waals surface area contributed by atoms with Gasteiger partial charge in [-0.1, -0.05) is 76.2 Å². The highest BCUT2D eigenvalue weighted by atomic mass is 16.4. The lowest BCUT2D eigenvalue weighted by Crippen LogP contribution is -2.79. The summed E-state index contributed by atoms with van der Waals surface area (Å²) in [5.74, 6) is -0.757. The number of anilines is 1. The summed E-state index contributed by atoms with van der Waals surface area (Å²) in [5.41, 5.74) is 6.35. The maximum atomic E-state index is 10.9. The molecule has 0 saturated heterocycles. The monoisotopic (exact) mass is 433 g/mol. The third kappa shape index (κ3) is 4.97. The molecule has 3 rings (SSSR count). The second kappa shape index (κ2) is 9.74. The third-order valence-corrected chi connectivity index (χ3v) is 6.55. The van der Waals surface area contributed by atoms with E-state index in [1.807, 2.05) is 11.4 Å². The van der Waals surface area contributed by atoms with E-state index < -0.39 is 5.97 Å². The van der Waals surface area contributed by atoms with Crippen LogP contribution in [0.4, 0.5) is 11.4 Å². The number of para-hydroxylation sites is 2. The standard InChI is InChI=1S/C28H36N2O2/c1-6-30-24-16-10-8-14-22(24)28(4,5)25(30)17-11-12-19-27(2,3)21-13-7-9-15-23(21)29-20-18-26(31)32/h7-17,29H,6,18-20H2,1-5H3,(H,31,32)/p+1/b12-11+,25-17+. The second-order valence-electron chi connectivity index (χ2n) is 9.68. The second-order valence-corrected chi connectivity index (χ2v) is 9.68. The number of aliphatic carboxylic acids is 1. The van der Waals surface area contributed by atoms with Gasteiger partial charge in [0.1, 0.15) is 5.69 Å². The van der Waals surface area contributed by atoms with Crippen molar-refractivity contribution in [3.05, 3.63) is 83.6 Å². The first-order valence-corrected chi connectivity index (χ1v) is 11.6. The number of quaternary nitrogens is 1. The van der Waals surface area contributed by atoms with Crippen molar-refractivity contribution in [3.63, 3.8) is 0 Å². The number of carboxylic acids is 1. The molecule has 0 unspecified atom stereocenters. The van der Waals surface area contributed by atoms with Gasteiger partial charge < -0.3 is 15.3 Å². The van der Waals surface area contributed by atoms with E-state index in [1.54, 1.807) is 0 Å². The van der Waals surface area contributed by atoms with E-state index in [9.17, 15) is 4.79 Å². The summed E-state index contributed by atoms with van der Waals surface area (Å²) in [7, 11) is 0. The van der Waals surface area contributed by atoms with Crippen LogP contribution >= 0.6 is 0 Å². The van der Waals surface area contributed by atoms with Gasteiger partial charge in [0.2, 0.25) is 0 Å². The molecule has 0 atom stereocenters. The van der Waals surface area contributed by atoms with Gasteiger partial charge in [-0.15, -0.1) is 0 Å². The van der Waals surface area contributed by atoms with Gasteiger partial charge >= 0.3 is 5.97 Å². The van der Waals surface area contributed by atoms with E-state index in [1.165, 1.54) is 22.5 Å². The summed E-state index contributed by atoms with van der Waals surface area (Å²) in [6.45, 7) is 12.8. The minimum atomic E-state index is -0.757. The first kappa shape index (κ1) is 23.8. The van der Waals surface area contributed by atoms with Crippen molar-refractivity contribution in [3.8, 4) is 0 Å². The largest absolute Gasteiger partial charge is 0.481 e. The molecular formula is C28H37N2O2+. The molecule has 0 saturated carbocycles. The summed E-state index contributed by atoms with van der Waals surface area (Å²) in [4.78, 5) is 13.3. The number of hydrogen-bond donors (Lipinski definition) is 2. The van der Waals surface area contributed by atoms with Crippen LogP contribution in [-0.4, -0.2) is 24.2 Å². The van der Waals surface area contributed by atoms with Gasteiger partial charge in [-0.2, -0.15) is 0 Å². The first-order chi connectivity index (χ1) is 15.2. The lowest BCUT2D eigenvalue weighted by molar-refractivity contribution is -0.571. The average Bonchev–Trinajstić information content (AvgIpc) is 2.97. The smallest absolute Gasteiger partial charge is 0.309 e. The molecule has 0 spiro atoms. The Kier molecular flexibility index (Phi) is 7.25. The van der Waals surface area contributed by atoms with Crippen molar-refractivity contribution < 1.29 is 15.2 Å².